The highest BCUT2D eigenvalue weighted by Gasteiger charge is 2.60. The molecule has 3 nitrogen and oxygen atoms in total. The van der Waals surface area contributed by atoms with Gasteiger partial charge < -0.3 is 0 Å². The standard InChI is InChI=1S/C17H25NO2S/c1-12-5-7-13(8-6-12)21(19,20)18-15-11-17(4)10-9-14(15)16(17,2)3/h5-8,14-15,18H,9-11H2,1-4H3. The Hall–Kier alpha value is -0.870. The molecule has 2 bridgehead atoms. The van der Waals surface area contributed by atoms with Crippen LogP contribution in [0.2, 0.25) is 0 Å². The van der Waals surface area contributed by atoms with Crippen LogP contribution in [0.5, 0.6) is 0 Å². The molecule has 3 rings (SSSR count). The molecular formula is C17H25NO2S. The minimum Gasteiger partial charge on any atom is -0.208 e. The first kappa shape index (κ1) is 15.0. The van der Waals surface area contributed by atoms with E-state index in [2.05, 4.69) is 25.5 Å². The second-order valence-corrected chi connectivity index (χ2v) is 9.39. The van der Waals surface area contributed by atoms with Crippen LogP contribution in [-0.4, -0.2) is 14.5 Å². The van der Waals surface area contributed by atoms with Gasteiger partial charge in [-0.15, -0.1) is 0 Å². The van der Waals surface area contributed by atoms with Crippen molar-refractivity contribution < 1.29 is 8.42 Å². The lowest BCUT2D eigenvalue weighted by atomic mass is 9.71. The molecule has 0 aromatic heterocycles. The quantitative estimate of drug-likeness (QED) is 0.929. The molecule has 3 unspecified atom stereocenters. The van der Waals surface area contributed by atoms with E-state index in [9.17, 15) is 8.42 Å². The number of fused-ring (bicyclic) bond motifs is 2. The molecule has 21 heavy (non-hydrogen) atoms. The Balaban J connectivity index is 1.83. The van der Waals surface area contributed by atoms with Crippen LogP contribution in [0.1, 0.15) is 45.6 Å². The zero-order valence-corrected chi connectivity index (χ0v) is 14.1. The maximum absolute atomic E-state index is 12.6. The molecule has 2 aliphatic carbocycles. The highest BCUT2D eigenvalue weighted by Crippen LogP contribution is 2.65. The molecule has 0 aliphatic heterocycles. The molecule has 2 aliphatic rings. The Bertz CT molecular complexity index is 645. The van der Waals surface area contributed by atoms with Gasteiger partial charge in [-0.1, -0.05) is 38.5 Å². The molecule has 1 aromatic carbocycles. The summed E-state index contributed by atoms with van der Waals surface area (Å²) in [6.45, 7) is 8.87. The lowest BCUT2D eigenvalue weighted by molar-refractivity contribution is 0.152. The Labute approximate surface area is 128 Å². The largest absolute Gasteiger partial charge is 0.240 e. The fourth-order valence-corrected chi connectivity index (χ4v) is 5.69. The lowest BCUT2D eigenvalue weighted by Crippen LogP contribution is -2.40. The van der Waals surface area contributed by atoms with Gasteiger partial charge in [-0.25, -0.2) is 13.1 Å². The highest BCUT2D eigenvalue weighted by atomic mass is 32.2. The summed E-state index contributed by atoms with van der Waals surface area (Å²) in [5.74, 6) is 0.447. The third-order valence-electron chi connectivity index (χ3n) is 6.28. The van der Waals surface area contributed by atoms with Crippen molar-refractivity contribution in [3.8, 4) is 0 Å². The van der Waals surface area contributed by atoms with E-state index in [1.807, 2.05) is 19.1 Å². The molecule has 0 spiro atoms. The van der Waals surface area contributed by atoms with Crippen molar-refractivity contribution in [3.05, 3.63) is 29.8 Å². The first-order valence-corrected chi connectivity index (χ1v) is 9.23. The summed E-state index contributed by atoms with van der Waals surface area (Å²) in [6.07, 6.45) is 3.30. The van der Waals surface area contributed by atoms with E-state index in [-0.39, 0.29) is 16.9 Å². The summed E-state index contributed by atoms with van der Waals surface area (Å²) in [6, 6.07) is 7.15. The van der Waals surface area contributed by atoms with E-state index in [0.717, 1.165) is 18.4 Å². The Morgan fingerprint density at radius 2 is 1.76 bits per heavy atom. The summed E-state index contributed by atoms with van der Waals surface area (Å²) in [7, 11) is -3.41. The molecule has 0 radical (unpaired) electrons. The average molecular weight is 307 g/mol. The van der Waals surface area contributed by atoms with Gasteiger partial charge in [-0.3, -0.25) is 0 Å². The average Bonchev–Trinajstić information content (AvgIpc) is 2.70. The van der Waals surface area contributed by atoms with Gasteiger partial charge in [-0.2, -0.15) is 0 Å². The van der Waals surface area contributed by atoms with Gasteiger partial charge in [0.25, 0.3) is 0 Å². The molecule has 4 heteroatoms. The van der Waals surface area contributed by atoms with Gasteiger partial charge in [0.15, 0.2) is 0 Å². The minimum atomic E-state index is -3.41. The van der Waals surface area contributed by atoms with Crippen molar-refractivity contribution in [1.82, 2.24) is 4.72 Å². The van der Waals surface area contributed by atoms with E-state index in [1.165, 1.54) is 6.42 Å². The Morgan fingerprint density at radius 1 is 1.14 bits per heavy atom. The molecule has 3 atom stereocenters. The van der Waals surface area contributed by atoms with Crippen LogP contribution in [0.3, 0.4) is 0 Å². The van der Waals surface area contributed by atoms with Gasteiger partial charge in [-0.05, 0) is 55.1 Å². The van der Waals surface area contributed by atoms with Crippen LogP contribution in [0.4, 0.5) is 0 Å². The molecule has 2 fully saturated rings. The molecule has 0 saturated heterocycles. The van der Waals surface area contributed by atoms with Crippen molar-refractivity contribution in [1.29, 1.82) is 0 Å². The number of hydrogen-bond donors (Lipinski definition) is 1. The van der Waals surface area contributed by atoms with Crippen LogP contribution in [-0.2, 0) is 10.0 Å². The fraction of sp³-hybridized carbons (Fsp3) is 0.647. The van der Waals surface area contributed by atoms with Crippen LogP contribution in [0.25, 0.3) is 0 Å². The SMILES string of the molecule is Cc1ccc(S(=O)(=O)NC2CC3(C)CCC2C3(C)C)cc1. The molecular weight excluding hydrogens is 282 g/mol. The van der Waals surface area contributed by atoms with Crippen molar-refractivity contribution >= 4 is 10.0 Å². The zero-order chi connectivity index (χ0) is 15.5. The number of rotatable bonds is 3. The third kappa shape index (κ3) is 2.23. The summed E-state index contributed by atoms with van der Waals surface area (Å²) in [4.78, 5) is 0.374. The molecule has 2 saturated carbocycles. The number of aryl methyl sites for hydroxylation is 1. The van der Waals surface area contributed by atoms with E-state index in [4.69, 9.17) is 0 Å². The number of sulfonamides is 1. The number of benzene rings is 1. The minimum absolute atomic E-state index is 0.0741. The van der Waals surface area contributed by atoms with E-state index in [0.29, 0.717) is 10.8 Å². The van der Waals surface area contributed by atoms with Crippen molar-refractivity contribution in [2.24, 2.45) is 16.7 Å². The van der Waals surface area contributed by atoms with Gasteiger partial charge >= 0.3 is 0 Å². The molecule has 1 aromatic rings. The number of hydrogen-bond acceptors (Lipinski definition) is 2. The monoisotopic (exact) mass is 307 g/mol. The van der Waals surface area contributed by atoms with Crippen LogP contribution in [0.15, 0.2) is 29.2 Å². The Kier molecular flexibility index (Phi) is 3.27. The first-order valence-electron chi connectivity index (χ1n) is 7.75. The summed E-state index contributed by atoms with van der Waals surface area (Å²) < 4.78 is 28.1. The van der Waals surface area contributed by atoms with Gasteiger partial charge in [0.2, 0.25) is 10.0 Å². The van der Waals surface area contributed by atoms with Crippen molar-refractivity contribution in [2.75, 3.05) is 0 Å². The van der Waals surface area contributed by atoms with Gasteiger partial charge in [0, 0.05) is 6.04 Å². The Morgan fingerprint density at radius 3 is 2.24 bits per heavy atom. The lowest BCUT2D eigenvalue weighted by Gasteiger charge is -2.33. The summed E-state index contributed by atoms with van der Waals surface area (Å²) in [5, 5.41) is 0. The summed E-state index contributed by atoms with van der Waals surface area (Å²) >= 11 is 0. The van der Waals surface area contributed by atoms with E-state index in [1.54, 1.807) is 12.1 Å². The van der Waals surface area contributed by atoms with Crippen molar-refractivity contribution in [3.63, 3.8) is 0 Å². The van der Waals surface area contributed by atoms with Crippen LogP contribution in [0, 0.1) is 23.7 Å². The van der Waals surface area contributed by atoms with E-state index < -0.39 is 10.0 Å². The predicted octanol–water partition coefficient (Wildman–Crippen LogP) is 3.49. The van der Waals surface area contributed by atoms with Crippen LogP contribution < -0.4 is 4.72 Å². The second-order valence-electron chi connectivity index (χ2n) is 7.67. The third-order valence-corrected chi connectivity index (χ3v) is 7.79. The van der Waals surface area contributed by atoms with E-state index >= 15 is 0 Å². The summed E-state index contributed by atoms with van der Waals surface area (Å²) in [5.41, 5.74) is 1.55. The molecule has 0 heterocycles. The normalized spacial score (nSPS) is 34.3. The number of nitrogens with one attached hydrogen (secondary N) is 1. The van der Waals surface area contributed by atoms with Gasteiger partial charge in [0.1, 0.15) is 0 Å². The fourth-order valence-electron chi connectivity index (χ4n) is 4.41. The van der Waals surface area contributed by atoms with Crippen molar-refractivity contribution in [2.45, 2.75) is 57.9 Å². The maximum Gasteiger partial charge on any atom is 0.240 e. The maximum atomic E-state index is 12.6. The smallest absolute Gasteiger partial charge is 0.208 e. The molecule has 1 N–H and O–H groups in total. The predicted molar refractivity (Wildman–Crippen MR) is 84.5 cm³/mol. The van der Waals surface area contributed by atoms with Gasteiger partial charge in [0.05, 0.1) is 4.90 Å². The zero-order valence-electron chi connectivity index (χ0n) is 13.3. The second kappa shape index (κ2) is 4.56. The topological polar surface area (TPSA) is 46.2 Å². The highest BCUT2D eigenvalue weighted by molar-refractivity contribution is 7.89. The first-order chi connectivity index (χ1) is 9.66. The molecule has 116 valence electrons. The van der Waals surface area contributed by atoms with Crippen LogP contribution >= 0.6 is 0 Å². The molecule has 0 amide bonds.